The van der Waals surface area contributed by atoms with Crippen LogP contribution in [0.4, 0.5) is 4.39 Å². The molecule has 0 saturated heterocycles. The van der Waals surface area contributed by atoms with E-state index in [9.17, 15) is 4.39 Å². The summed E-state index contributed by atoms with van der Waals surface area (Å²) >= 11 is 0. The van der Waals surface area contributed by atoms with Gasteiger partial charge in [0.2, 0.25) is 0 Å². The van der Waals surface area contributed by atoms with Gasteiger partial charge in [-0.1, -0.05) is 0 Å². The summed E-state index contributed by atoms with van der Waals surface area (Å²) in [6.45, 7) is 5.16. The maximum absolute atomic E-state index is 12.0. The molecule has 0 rings (SSSR count). The summed E-state index contributed by atoms with van der Waals surface area (Å²) in [7, 11) is 0. The molecule has 0 aliphatic rings. The maximum Gasteiger partial charge on any atom is 0.268 e. The van der Waals surface area contributed by atoms with Crippen molar-refractivity contribution in [1.82, 2.24) is 0 Å². The molecule has 0 atom stereocenters. The predicted octanol–water partition coefficient (Wildman–Crippen LogP) is 2.24. The predicted molar refractivity (Wildman–Crippen MR) is 31.1 cm³/mol. The van der Waals surface area contributed by atoms with Gasteiger partial charge >= 0.3 is 0 Å². The van der Waals surface area contributed by atoms with Crippen LogP contribution in [0.2, 0.25) is 0 Å². The monoisotopic (exact) mass is 118 g/mol. The summed E-state index contributed by atoms with van der Waals surface area (Å²) in [5, 5.41) is 0. The molecule has 0 saturated carbocycles. The number of ether oxygens (including phenoxy) is 1. The maximum atomic E-state index is 12.0. The van der Waals surface area contributed by atoms with Crippen LogP contribution in [0.5, 0.6) is 0 Å². The van der Waals surface area contributed by atoms with Crippen LogP contribution in [-0.4, -0.2) is 6.10 Å². The van der Waals surface area contributed by atoms with Crippen LogP contribution in [0.1, 0.15) is 20.8 Å². The zero-order chi connectivity index (χ0) is 6.57. The molecule has 8 heavy (non-hydrogen) atoms. The van der Waals surface area contributed by atoms with Crippen LogP contribution in [0.25, 0.3) is 0 Å². The van der Waals surface area contributed by atoms with E-state index in [0.717, 1.165) is 0 Å². The first-order valence-corrected chi connectivity index (χ1v) is 2.65. The Morgan fingerprint density at radius 3 is 2.25 bits per heavy atom. The van der Waals surface area contributed by atoms with Gasteiger partial charge in [-0.15, -0.1) is 0 Å². The quantitative estimate of drug-likeness (QED) is 0.505. The van der Waals surface area contributed by atoms with E-state index in [1.54, 1.807) is 20.8 Å². The van der Waals surface area contributed by atoms with Crippen LogP contribution in [0.3, 0.4) is 0 Å². The first-order valence-electron chi connectivity index (χ1n) is 2.65. The van der Waals surface area contributed by atoms with E-state index in [1.807, 2.05) is 0 Å². The molecular weight excluding hydrogens is 107 g/mol. The Bertz CT molecular complexity index is 86.5. The molecule has 0 heterocycles. The van der Waals surface area contributed by atoms with Crippen LogP contribution < -0.4 is 0 Å². The molecule has 0 fully saturated rings. The van der Waals surface area contributed by atoms with E-state index in [2.05, 4.69) is 4.74 Å². The Morgan fingerprint density at radius 1 is 1.62 bits per heavy atom. The average molecular weight is 118 g/mol. The fourth-order valence-electron chi connectivity index (χ4n) is 0.293. The Hall–Kier alpha value is -0.530. The van der Waals surface area contributed by atoms with E-state index in [0.29, 0.717) is 0 Å². The second-order valence-electron chi connectivity index (χ2n) is 1.76. The Kier molecular flexibility index (Phi) is 3.24. The minimum Gasteiger partial charge on any atom is -0.468 e. The second-order valence-corrected chi connectivity index (χ2v) is 1.76. The normalized spacial score (nSPS) is 12.4. The molecule has 0 aliphatic heterocycles. The van der Waals surface area contributed by atoms with Crippen LogP contribution in [-0.2, 0) is 4.74 Å². The Morgan fingerprint density at radius 2 is 2.12 bits per heavy atom. The van der Waals surface area contributed by atoms with Crippen molar-refractivity contribution in [2.75, 3.05) is 0 Å². The van der Waals surface area contributed by atoms with Crippen molar-refractivity contribution in [3.8, 4) is 0 Å². The minimum atomic E-state index is -0.500. The summed E-state index contributed by atoms with van der Waals surface area (Å²) in [4.78, 5) is 0. The summed E-state index contributed by atoms with van der Waals surface area (Å²) in [6.07, 6.45) is 1.23. The van der Waals surface area contributed by atoms with Gasteiger partial charge in [-0.3, -0.25) is 0 Å². The number of halogens is 1. The molecule has 1 nitrogen and oxygen atoms in total. The van der Waals surface area contributed by atoms with Gasteiger partial charge in [-0.2, -0.15) is 4.39 Å². The third-order valence-electron chi connectivity index (χ3n) is 0.575. The third-order valence-corrected chi connectivity index (χ3v) is 0.575. The molecular formula is C6H11FO. The van der Waals surface area contributed by atoms with E-state index in [-0.39, 0.29) is 6.10 Å². The summed E-state index contributed by atoms with van der Waals surface area (Å²) in [5.74, 6) is 0. The van der Waals surface area contributed by atoms with Gasteiger partial charge in [0.05, 0.1) is 6.10 Å². The highest BCUT2D eigenvalue weighted by Gasteiger charge is 1.94. The first-order chi connectivity index (χ1) is 3.66. The van der Waals surface area contributed by atoms with Crippen molar-refractivity contribution >= 4 is 0 Å². The highest BCUT2D eigenvalue weighted by molar-refractivity contribution is 4.77. The molecule has 0 bridgehead atoms. The number of rotatable bonds is 2. The highest BCUT2D eigenvalue weighted by Crippen LogP contribution is 2.01. The van der Waals surface area contributed by atoms with Crippen LogP contribution in [0.15, 0.2) is 12.1 Å². The number of hydrogen-bond acceptors (Lipinski definition) is 1. The fraction of sp³-hybridized carbons (Fsp3) is 0.667. The lowest BCUT2D eigenvalue weighted by Gasteiger charge is -2.04. The standard InChI is InChI=1S/C6H11FO/c1-4-6(7)8-5(2)3/h4-5H,1-3H3. The zero-order valence-corrected chi connectivity index (χ0v) is 5.44. The van der Waals surface area contributed by atoms with E-state index < -0.39 is 6.01 Å². The second kappa shape index (κ2) is 3.47. The summed E-state index contributed by atoms with van der Waals surface area (Å²) in [5.41, 5.74) is 0. The SMILES string of the molecule is CC=C(F)OC(C)C. The van der Waals surface area contributed by atoms with Gasteiger partial charge in [0.15, 0.2) is 0 Å². The van der Waals surface area contributed by atoms with Gasteiger partial charge in [-0.05, 0) is 26.8 Å². The lowest BCUT2D eigenvalue weighted by molar-refractivity contribution is 0.0931. The third kappa shape index (κ3) is 3.65. The van der Waals surface area contributed by atoms with E-state index in [4.69, 9.17) is 0 Å². The van der Waals surface area contributed by atoms with Crippen molar-refractivity contribution in [3.63, 3.8) is 0 Å². The van der Waals surface area contributed by atoms with Gasteiger partial charge < -0.3 is 4.74 Å². The van der Waals surface area contributed by atoms with Crippen molar-refractivity contribution < 1.29 is 9.13 Å². The van der Waals surface area contributed by atoms with Crippen LogP contribution in [0, 0.1) is 0 Å². The molecule has 0 unspecified atom stereocenters. The van der Waals surface area contributed by atoms with Gasteiger partial charge in [0, 0.05) is 0 Å². The molecule has 0 spiro atoms. The van der Waals surface area contributed by atoms with Crippen molar-refractivity contribution in [2.45, 2.75) is 26.9 Å². The molecule has 0 amide bonds. The molecule has 0 N–H and O–H groups in total. The van der Waals surface area contributed by atoms with Crippen molar-refractivity contribution in [3.05, 3.63) is 12.1 Å². The molecule has 48 valence electrons. The topological polar surface area (TPSA) is 9.23 Å². The van der Waals surface area contributed by atoms with Gasteiger partial charge in [-0.25, -0.2) is 0 Å². The lowest BCUT2D eigenvalue weighted by Crippen LogP contribution is -1.98. The molecule has 0 aromatic heterocycles. The van der Waals surface area contributed by atoms with Crippen LogP contribution >= 0.6 is 0 Å². The fourth-order valence-corrected chi connectivity index (χ4v) is 0.293. The van der Waals surface area contributed by atoms with Gasteiger partial charge in [0.25, 0.3) is 6.01 Å². The van der Waals surface area contributed by atoms with Gasteiger partial charge in [0.1, 0.15) is 0 Å². The minimum absolute atomic E-state index is 0.0637. The smallest absolute Gasteiger partial charge is 0.268 e. The summed E-state index contributed by atoms with van der Waals surface area (Å²) < 4.78 is 16.6. The average Bonchev–Trinajstić information content (AvgIpc) is 1.65. The molecule has 0 aromatic rings. The van der Waals surface area contributed by atoms with Crippen molar-refractivity contribution in [1.29, 1.82) is 0 Å². The Labute approximate surface area is 49.2 Å². The number of allylic oxidation sites excluding steroid dienone is 1. The van der Waals surface area contributed by atoms with E-state index >= 15 is 0 Å². The van der Waals surface area contributed by atoms with E-state index in [1.165, 1.54) is 6.08 Å². The zero-order valence-electron chi connectivity index (χ0n) is 5.44. The molecule has 0 aromatic carbocycles. The molecule has 0 aliphatic carbocycles. The largest absolute Gasteiger partial charge is 0.468 e. The lowest BCUT2D eigenvalue weighted by atomic mass is 10.5. The van der Waals surface area contributed by atoms with Crippen molar-refractivity contribution in [2.24, 2.45) is 0 Å². The summed E-state index contributed by atoms with van der Waals surface area (Å²) in [6, 6.07) is -0.500. The molecule has 2 heteroatoms. The Balaban J connectivity index is 3.39. The first kappa shape index (κ1) is 7.47. The number of hydrogen-bond donors (Lipinski definition) is 0. The highest BCUT2D eigenvalue weighted by atomic mass is 19.1. The molecule has 0 radical (unpaired) electrons.